The summed E-state index contributed by atoms with van der Waals surface area (Å²) in [6.07, 6.45) is 3.10. The van der Waals surface area contributed by atoms with Gasteiger partial charge in [0.1, 0.15) is 0 Å². The maximum Gasteiger partial charge on any atom is 0.250 e. The van der Waals surface area contributed by atoms with Crippen molar-refractivity contribution in [2.24, 2.45) is 0 Å². The Kier molecular flexibility index (Phi) is 5.95. The number of nitrogens with two attached hydrogens (primary N) is 1. The molecule has 0 saturated carbocycles. The number of hydrogen-bond acceptors (Lipinski definition) is 4. The minimum atomic E-state index is -0.0238. The molecule has 98 valence electrons. The molecule has 2 N–H and O–H groups in total. The zero-order valence-corrected chi connectivity index (χ0v) is 10.8. The van der Waals surface area contributed by atoms with Crippen LogP contribution in [0.15, 0.2) is 23.1 Å². The molecule has 5 heteroatoms. The van der Waals surface area contributed by atoms with Crippen molar-refractivity contribution >= 4 is 5.69 Å². The highest BCUT2D eigenvalue weighted by Gasteiger charge is 2.02. The van der Waals surface area contributed by atoms with Crippen LogP contribution in [-0.4, -0.2) is 29.1 Å². The maximum absolute atomic E-state index is 11.5. The molecule has 0 atom stereocenters. The normalized spacial score (nSPS) is 10.5. The largest absolute Gasteiger partial charge is 0.398 e. The summed E-state index contributed by atoms with van der Waals surface area (Å²) in [6, 6.07) is 5.25. The minimum Gasteiger partial charge on any atom is -0.398 e. The van der Waals surface area contributed by atoms with Crippen LogP contribution in [0.3, 0.4) is 0 Å². The van der Waals surface area contributed by atoms with E-state index in [1.807, 2.05) is 0 Å². The highest BCUT2D eigenvalue weighted by atomic mass is 16.1. The molecule has 0 spiro atoms. The van der Waals surface area contributed by atoms with E-state index in [-0.39, 0.29) is 5.56 Å². The summed E-state index contributed by atoms with van der Waals surface area (Å²) in [4.78, 5) is 13.7. The predicted octanol–water partition coefficient (Wildman–Crippen LogP) is 1.06. The van der Waals surface area contributed by atoms with Gasteiger partial charge in [-0.1, -0.05) is 6.92 Å². The number of aromatic nitrogens is 1. The molecule has 0 unspecified atom stereocenters. The number of nitriles is 1. The molecule has 0 aliphatic heterocycles. The lowest BCUT2D eigenvalue weighted by molar-refractivity contribution is 0.284. The first-order chi connectivity index (χ1) is 8.67. The standard InChI is InChI=1S/C13H20N4O/c1-2-16(8-3-7-14)9-4-10-17-11-12(15)5-6-13(17)18/h5-6,11H,2-4,8-10,15H2,1H3. The van der Waals surface area contributed by atoms with Crippen LogP contribution in [0.2, 0.25) is 0 Å². The zero-order valence-electron chi connectivity index (χ0n) is 10.8. The summed E-state index contributed by atoms with van der Waals surface area (Å²) in [6.45, 7) is 5.34. The Morgan fingerprint density at radius 3 is 2.89 bits per heavy atom. The molecule has 1 heterocycles. The van der Waals surface area contributed by atoms with Gasteiger partial charge in [0.25, 0.3) is 5.56 Å². The monoisotopic (exact) mass is 248 g/mol. The molecule has 0 aliphatic carbocycles. The Hall–Kier alpha value is -1.80. The van der Waals surface area contributed by atoms with Crippen LogP contribution in [0.5, 0.6) is 0 Å². The van der Waals surface area contributed by atoms with Crippen LogP contribution in [-0.2, 0) is 6.54 Å². The van der Waals surface area contributed by atoms with Crippen molar-refractivity contribution in [3.05, 3.63) is 28.7 Å². The molecular weight excluding hydrogens is 228 g/mol. The number of nitrogen functional groups attached to an aromatic ring is 1. The molecule has 0 aliphatic rings. The van der Waals surface area contributed by atoms with E-state index in [1.54, 1.807) is 16.8 Å². The number of hydrogen-bond donors (Lipinski definition) is 1. The molecular formula is C13H20N4O. The second-order valence-corrected chi connectivity index (χ2v) is 4.19. The Morgan fingerprint density at radius 2 is 2.22 bits per heavy atom. The highest BCUT2D eigenvalue weighted by Crippen LogP contribution is 1.99. The number of pyridine rings is 1. The SMILES string of the molecule is CCN(CCC#N)CCCn1cc(N)ccc1=O. The Balaban J connectivity index is 2.43. The highest BCUT2D eigenvalue weighted by molar-refractivity contribution is 5.33. The smallest absolute Gasteiger partial charge is 0.250 e. The van der Waals surface area contributed by atoms with E-state index in [0.29, 0.717) is 18.7 Å². The number of aryl methyl sites for hydroxylation is 1. The zero-order chi connectivity index (χ0) is 13.4. The van der Waals surface area contributed by atoms with E-state index in [1.165, 1.54) is 6.07 Å². The van der Waals surface area contributed by atoms with Crippen LogP contribution in [0.1, 0.15) is 19.8 Å². The number of anilines is 1. The van der Waals surface area contributed by atoms with Crippen molar-refractivity contribution in [1.29, 1.82) is 5.26 Å². The van der Waals surface area contributed by atoms with Gasteiger partial charge < -0.3 is 15.2 Å². The van der Waals surface area contributed by atoms with Crippen LogP contribution < -0.4 is 11.3 Å². The molecule has 5 nitrogen and oxygen atoms in total. The van der Waals surface area contributed by atoms with Crippen molar-refractivity contribution in [2.45, 2.75) is 26.3 Å². The van der Waals surface area contributed by atoms with Gasteiger partial charge >= 0.3 is 0 Å². The number of nitrogens with zero attached hydrogens (tertiary/aromatic N) is 3. The van der Waals surface area contributed by atoms with Gasteiger partial charge in [0.2, 0.25) is 0 Å². The second-order valence-electron chi connectivity index (χ2n) is 4.19. The third kappa shape index (κ3) is 4.60. The first kappa shape index (κ1) is 14.3. The summed E-state index contributed by atoms with van der Waals surface area (Å²) in [7, 11) is 0. The van der Waals surface area contributed by atoms with E-state index in [9.17, 15) is 4.79 Å². The van der Waals surface area contributed by atoms with Gasteiger partial charge in [-0.2, -0.15) is 5.26 Å². The van der Waals surface area contributed by atoms with Gasteiger partial charge in [0, 0.05) is 37.5 Å². The Morgan fingerprint density at radius 1 is 1.44 bits per heavy atom. The van der Waals surface area contributed by atoms with Gasteiger partial charge in [0.05, 0.1) is 6.07 Å². The fraction of sp³-hybridized carbons (Fsp3) is 0.538. The van der Waals surface area contributed by atoms with Gasteiger partial charge in [-0.05, 0) is 25.6 Å². The molecule has 0 amide bonds. The van der Waals surface area contributed by atoms with Gasteiger partial charge in [0.15, 0.2) is 0 Å². The number of rotatable bonds is 7. The van der Waals surface area contributed by atoms with E-state index >= 15 is 0 Å². The average Bonchev–Trinajstić information content (AvgIpc) is 2.37. The lowest BCUT2D eigenvalue weighted by atomic mass is 10.3. The first-order valence-electron chi connectivity index (χ1n) is 6.22. The van der Waals surface area contributed by atoms with E-state index in [0.717, 1.165) is 26.1 Å². The quantitative estimate of drug-likeness (QED) is 0.782. The maximum atomic E-state index is 11.5. The molecule has 0 bridgehead atoms. The van der Waals surface area contributed by atoms with Crippen molar-refractivity contribution in [1.82, 2.24) is 9.47 Å². The van der Waals surface area contributed by atoms with Crippen LogP contribution in [0.25, 0.3) is 0 Å². The fourth-order valence-corrected chi connectivity index (χ4v) is 1.83. The molecule has 0 saturated heterocycles. The topological polar surface area (TPSA) is 75.1 Å². The third-order valence-electron chi connectivity index (χ3n) is 2.87. The van der Waals surface area contributed by atoms with Crippen molar-refractivity contribution in [3.8, 4) is 6.07 Å². The average molecular weight is 248 g/mol. The van der Waals surface area contributed by atoms with E-state index in [2.05, 4.69) is 17.9 Å². The predicted molar refractivity (Wildman–Crippen MR) is 72.1 cm³/mol. The van der Waals surface area contributed by atoms with Crippen LogP contribution in [0.4, 0.5) is 5.69 Å². The summed E-state index contributed by atoms with van der Waals surface area (Å²) in [5, 5.41) is 8.55. The summed E-state index contributed by atoms with van der Waals surface area (Å²) < 4.78 is 1.63. The second kappa shape index (κ2) is 7.51. The summed E-state index contributed by atoms with van der Waals surface area (Å²) >= 11 is 0. The Bertz CT molecular complexity index is 461. The summed E-state index contributed by atoms with van der Waals surface area (Å²) in [5.74, 6) is 0. The van der Waals surface area contributed by atoms with Gasteiger partial charge in [-0.25, -0.2) is 0 Å². The Labute approximate surface area is 107 Å². The van der Waals surface area contributed by atoms with Crippen molar-refractivity contribution in [3.63, 3.8) is 0 Å². The lowest BCUT2D eigenvalue weighted by Crippen LogP contribution is -2.27. The molecule has 1 rings (SSSR count). The van der Waals surface area contributed by atoms with Crippen LogP contribution in [0, 0.1) is 11.3 Å². The lowest BCUT2D eigenvalue weighted by Gasteiger charge is -2.18. The van der Waals surface area contributed by atoms with Crippen molar-refractivity contribution in [2.75, 3.05) is 25.4 Å². The third-order valence-corrected chi connectivity index (χ3v) is 2.87. The molecule has 0 aromatic carbocycles. The molecule has 0 radical (unpaired) electrons. The fourth-order valence-electron chi connectivity index (χ4n) is 1.83. The van der Waals surface area contributed by atoms with Gasteiger partial charge in [-0.15, -0.1) is 0 Å². The molecule has 1 aromatic rings. The van der Waals surface area contributed by atoms with Gasteiger partial charge in [-0.3, -0.25) is 4.79 Å². The molecule has 18 heavy (non-hydrogen) atoms. The molecule has 1 aromatic heterocycles. The molecule has 0 fully saturated rings. The van der Waals surface area contributed by atoms with E-state index in [4.69, 9.17) is 11.0 Å². The van der Waals surface area contributed by atoms with Crippen LogP contribution >= 0.6 is 0 Å². The summed E-state index contributed by atoms with van der Waals surface area (Å²) in [5.41, 5.74) is 6.22. The van der Waals surface area contributed by atoms with E-state index < -0.39 is 0 Å². The van der Waals surface area contributed by atoms with Crippen molar-refractivity contribution < 1.29 is 0 Å². The first-order valence-corrected chi connectivity index (χ1v) is 6.22. The minimum absolute atomic E-state index is 0.0238.